The first-order valence-corrected chi connectivity index (χ1v) is 10.9. The van der Waals surface area contributed by atoms with E-state index in [4.69, 9.17) is 0 Å². The number of fused-ring (bicyclic) bond motifs is 2. The van der Waals surface area contributed by atoms with Crippen molar-refractivity contribution < 1.29 is 27.5 Å². The number of ether oxygens (including phenoxy) is 1. The average molecular weight is 445 g/mol. The Morgan fingerprint density at radius 3 is 2.31 bits per heavy atom. The molecule has 0 saturated carbocycles. The van der Waals surface area contributed by atoms with Crippen LogP contribution in [0.15, 0.2) is 54.6 Å². The Bertz CT molecular complexity index is 966. The fourth-order valence-electron chi connectivity index (χ4n) is 5.11. The summed E-state index contributed by atoms with van der Waals surface area (Å²) in [6.45, 7) is 1.76. The zero-order valence-electron chi connectivity index (χ0n) is 17.7. The summed E-state index contributed by atoms with van der Waals surface area (Å²) in [5.41, 5.74) is 3.77. The minimum Gasteiger partial charge on any atom is -0.386 e. The average Bonchev–Trinajstić information content (AvgIpc) is 3.13. The lowest BCUT2D eigenvalue weighted by molar-refractivity contribution is -0.203. The van der Waals surface area contributed by atoms with E-state index in [2.05, 4.69) is 33.9 Å². The van der Waals surface area contributed by atoms with E-state index in [1.54, 1.807) is 12.1 Å². The molecule has 32 heavy (non-hydrogen) atoms. The largest absolute Gasteiger partial charge is 0.491 e. The molecule has 2 aromatic carbocycles. The smallest absolute Gasteiger partial charge is 0.386 e. The predicted octanol–water partition coefficient (Wildman–Crippen LogP) is 4.46. The Morgan fingerprint density at radius 2 is 1.62 bits per heavy atom. The highest BCUT2D eigenvalue weighted by Gasteiger charge is 2.44. The van der Waals surface area contributed by atoms with E-state index in [9.17, 15) is 22.8 Å². The first-order valence-electron chi connectivity index (χ1n) is 10.9. The molecule has 1 saturated heterocycles. The van der Waals surface area contributed by atoms with Gasteiger partial charge in [0.1, 0.15) is 0 Å². The summed E-state index contributed by atoms with van der Waals surface area (Å²) in [7, 11) is 0. The van der Waals surface area contributed by atoms with Crippen LogP contribution in [0.1, 0.15) is 36.0 Å². The van der Waals surface area contributed by atoms with Crippen LogP contribution >= 0.6 is 0 Å². The summed E-state index contributed by atoms with van der Waals surface area (Å²) in [6, 6.07) is 17.6. The van der Waals surface area contributed by atoms with Gasteiger partial charge in [0.05, 0.1) is 5.92 Å². The number of carbonyl (C=O) groups is 2. The van der Waals surface area contributed by atoms with Crippen molar-refractivity contribution in [3.63, 3.8) is 0 Å². The predicted molar refractivity (Wildman–Crippen MR) is 113 cm³/mol. The molecule has 0 amide bonds. The van der Waals surface area contributed by atoms with Crippen molar-refractivity contribution >= 4 is 11.9 Å². The van der Waals surface area contributed by atoms with Gasteiger partial charge < -0.3 is 9.64 Å². The number of benzene rings is 2. The molecule has 1 spiro atoms. The molecule has 170 valence electrons. The van der Waals surface area contributed by atoms with Crippen molar-refractivity contribution in [1.82, 2.24) is 4.90 Å². The second kappa shape index (κ2) is 9.06. The third-order valence-corrected chi connectivity index (χ3v) is 6.84. The Hall–Kier alpha value is -2.67. The van der Waals surface area contributed by atoms with Gasteiger partial charge in [-0.15, -0.1) is 0 Å². The summed E-state index contributed by atoms with van der Waals surface area (Å²) >= 11 is 0. The topological polar surface area (TPSA) is 46.6 Å². The third-order valence-electron chi connectivity index (χ3n) is 6.84. The van der Waals surface area contributed by atoms with Crippen LogP contribution in [0, 0.1) is 5.92 Å². The van der Waals surface area contributed by atoms with Crippen LogP contribution in [-0.2, 0) is 32.6 Å². The quantitative estimate of drug-likeness (QED) is 0.504. The number of likely N-dealkylation sites (tertiary alicyclic amines) is 1. The highest BCUT2D eigenvalue weighted by atomic mass is 19.4. The van der Waals surface area contributed by atoms with Crippen LogP contribution in [0.2, 0.25) is 0 Å². The molecule has 2 aromatic rings. The fraction of sp³-hybridized carbons (Fsp3) is 0.440. The summed E-state index contributed by atoms with van der Waals surface area (Å²) in [6.07, 6.45) is -0.915. The number of piperidine rings is 1. The van der Waals surface area contributed by atoms with Crippen LogP contribution < -0.4 is 0 Å². The van der Waals surface area contributed by atoms with E-state index in [-0.39, 0.29) is 18.4 Å². The minimum atomic E-state index is -5.19. The molecule has 1 fully saturated rings. The van der Waals surface area contributed by atoms with Crippen LogP contribution in [0.4, 0.5) is 13.2 Å². The Kier molecular flexibility index (Phi) is 6.38. The van der Waals surface area contributed by atoms with Gasteiger partial charge in [0.25, 0.3) is 0 Å². The van der Waals surface area contributed by atoms with Gasteiger partial charge >= 0.3 is 18.1 Å². The van der Waals surface area contributed by atoms with Gasteiger partial charge in [-0.05, 0) is 67.3 Å². The molecule has 1 unspecified atom stereocenters. The van der Waals surface area contributed by atoms with E-state index >= 15 is 0 Å². The molecule has 0 radical (unpaired) electrons. The SMILES string of the molecule is O=C(OC(=O)C(F)(F)F)C(Cc1ccccc1)CN1CCC2(CCc3ccccc32)CC1. The van der Waals surface area contributed by atoms with Crippen LogP contribution in [0.5, 0.6) is 0 Å². The number of hydrogen-bond acceptors (Lipinski definition) is 4. The molecule has 0 N–H and O–H groups in total. The normalized spacial score (nSPS) is 18.8. The molecule has 7 heteroatoms. The maximum absolute atomic E-state index is 12.6. The third kappa shape index (κ3) is 4.88. The minimum absolute atomic E-state index is 0.148. The first kappa shape index (κ1) is 22.5. The van der Waals surface area contributed by atoms with Gasteiger partial charge in [-0.1, -0.05) is 54.6 Å². The number of nitrogens with zero attached hydrogens (tertiary/aromatic N) is 1. The lowest BCUT2D eigenvalue weighted by Crippen LogP contribution is -2.45. The number of halogens is 3. The number of hydrogen-bond donors (Lipinski definition) is 0. The van der Waals surface area contributed by atoms with Crippen LogP contribution in [-0.4, -0.2) is 42.6 Å². The van der Waals surface area contributed by atoms with Gasteiger partial charge in [-0.2, -0.15) is 13.2 Å². The van der Waals surface area contributed by atoms with Crippen molar-refractivity contribution in [2.24, 2.45) is 5.92 Å². The maximum Gasteiger partial charge on any atom is 0.491 e. The molecular formula is C25H26F3NO3. The van der Waals surface area contributed by atoms with E-state index in [0.29, 0.717) is 0 Å². The van der Waals surface area contributed by atoms with Gasteiger partial charge in [-0.25, -0.2) is 4.79 Å². The molecule has 4 nitrogen and oxygen atoms in total. The van der Waals surface area contributed by atoms with Gasteiger partial charge in [0.15, 0.2) is 0 Å². The summed E-state index contributed by atoms with van der Waals surface area (Å²) in [4.78, 5) is 25.9. The van der Waals surface area contributed by atoms with Crippen molar-refractivity contribution in [3.05, 3.63) is 71.3 Å². The van der Waals surface area contributed by atoms with E-state index in [1.165, 1.54) is 11.1 Å². The number of alkyl halides is 3. The zero-order chi connectivity index (χ0) is 22.8. The molecular weight excluding hydrogens is 419 g/mol. The molecule has 1 aliphatic heterocycles. The number of carbonyl (C=O) groups excluding carboxylic acids is 2. The molecule has 1 atom stereocenters. The van der Waals surface area contributed by atoms with Gasteiger partial charge in [-0.3, -0.25) is 4.79 Å². The van der Waals surface area contributed by atoms with Gasteiger partial charge in [0, 0.05) is 6.54 Å². The van der Waals surface area contributed by atoms with Crippen molar-refractivity contribution in [3.8, 4) is 0 Å². The maximum atomic E-state index is 12.6. The monoisotopic (exact) mass is 445 g/mol. The summed E-state index contributed by atoms with van der Waals surface area (Å²) in [5.74, 6) is -4.43. The second-order valence-corrected chi connectivity index (χ2v) is 8.83. The molecule has 0 bridgehead atoms. The summed E-state index contributed by atoms with van der Waals surface area (Å²) in [5, 5.41) is 0. The molecule has 4 rings (SSSR count). The standard InChI is InChI=1S/C25H26F3NO3/c26-25(27,28)23(31)32-22(30)20(16-18-6-2-1-3-7-18)17-29-14-12-24(13-15-29)11-10-19-8-4-5-9-21(19)24/h1-9,20H,10-17H2. The highest BCUT2D eigenvalue weighted by Crippen LogP contribution is 2.46. The number of aryl methyl sites for hydroxylation is 1. The second-order valence-electron chi connectivity index (χ2n) is 8.83. The van der Waals surface area contributed by atoms with Crippen LogP contribution in [0.3, 0.4) is 0 Å². The molecule has 0 aromatic heterocycles. The van der Waals surface area contributed by atoms with E-state index < -0.39 is 24.0 Å². The lowest BCUT2D eigenvalue weighted by Gasteiger charge is -2.41. The van der Waals surface area contributed by atoms with Gasteiger partial charge in [0.2, 0.25) is 0 Å². The van der Waals surface area contributed by atoms with E-state index in [1.807, 2.05) is 18.2 Å². The Morgan fingerprint density at radius 1 is 0.969 bits per heavy atom. The lowest BCUT2D eigenvalue weighted by atomic mass is 9.73. The summed E-state index contributed by atoms with van der Waals surface area (Å²) < 4.78 is 42.0. The Labute approximate surface area is 185 Å². The number of rotatable bonds is 5. The zero-order valence-corrected chi connectivity index (χ0v) is 17.7. The van der Waals surface area contributed by atoms with Crippen molar-refractivity contribution in [1.29, 1.82) is 0 Å². The van der Waals surface area contributed by atoms with Crippen molar-refractivity contribution in [2.75, 3.05) is 19.6 Å². The first-order chi connectivity index (χ1) is 15.3. The number of esters is 2. The fourth-order valence-corrected chi connectivity index (χ4v) is 5.11. The highest BCUT2D eigenvalue weighted by molar-refractivity contribution is 5.89. The van der Waals surface area contributed by atoms with Crippen LogP contribution in [0.25, 0.3) is 0 Å². The molecule has 1 heterocycles. The Balaban J connectivity index is 1.43. The van der Waals surface area contributed by atoms with E-state index in [0.717, 1.165) is 44.3 Å². The van der Waals surface area contributed by atoms with Crippen molar-refractivity contribution in [2.45, 2.75) is 43.7 Å². The molecule has 1 aliphatic carbocycles. The molecule has 2 aliphatic rings.